The van der Waals surface area contributed by atoms with Gasteiger partial charge in [0.05, 0.1) is 11.6 Å². The van der Waals surface area contributed by atoms with E-state index in [4.69, 9.17) is 27.1 Å². The molecular formula is C20H25N5O4. The summed E-state index contributed by atoms with van der Waals surface area (Å²) in [6.07, 6.45) is 3.78. The maximum Gasteiger partial charge on any atom is 0.320 e. The fourth-order valence-corrected chi connectivity index (χ4v) is 2.24. The number of nitrogens with zero attached hydrogens (tertiary/aromatic N) is 2. The van der Waals surface area contributed by atoms with Gasteiger partial charge in [-0.15, -0.1) is 0 Å². The number of hydrogen-bond donors (Lipinski definition) is 5. The van der Waals surface area contributed by atoms with Crippen LogP contribution in [0.1, 0.15) is 37.7 Å². The number of carbonyl (C=O) groups is 2. The van der Waals surface area contributed by atoms with Gasteiger partial charge in [0.2, 0.25) is 0 Å². The fourth-order valence-electron chi connectivity index (χ4n) is 2.24. The molecule has 2 rings (SSSR count). The van der Waals surface area contributed by atoms with Gasteiger partial charge in [-0.25, -0.2) is 0 Å². The predicted octanol–water partition coefficient (Wildman–Crippen LogP) is 1.77. The Hall–Kier alpha value is -3.40. The van der Waals surface area contributed by atoms with E-state index in [2.05, 4.69) is 5.32 Å². The Balaban J connectivity index is 0.000000359. The predicted molar refractivity (Wildman–Crippen MR) is 106 cm³/mol. The SMILES string of the molecule is N#CC(C(=O)Nc1ccc(C#N)cc1)=C(O)C1CC1.NCCCC[C@H](N)C(=O)O. The number of carboxylic acids is 1. The number of hydrogen-bond acceptors (Lipinski definition) is 7. The van der Waals surface area contributed by atoms with Gasteiger partial charge in [0.15, 0.2) is 5.57 Å². The molecule has 1 amide bonds. The monoisotopic (exact) mass is 399 g/mol. The lowest BCUT2D eigenvalue weighted by atomic mass is 10.1. The van der Waals surface area contributed by atoms with Gasteiger partial charge in [-0.3, -0.25) is 9.59 Å². The van der Waals surface area contributed by atoms with Crippen LogP contribution < -0.4 is 16.8 Å². The minimum atomic E-state index is -0.933. The van der Waals surface area contributed by atoms with Crippen molar-refractivity contribution in [2.45, 2.75) is 38.1 Å². The van der Waals surface area contributed by atoms with E-state index in [0.29, 0.717) is 24.2 Å². The molecule has 9 heteroatoms. The zero-order chi connectivity index (χ0) is 21.8. The molecule has 1 fully saturated rings. The van der Waals surface area contributed by atoms with Crippen LogP contribution in [-0.2, 0) is 9.59 Å². The Labute approximate surface area is 169 Å². The molecule has 0 aliphatic heterocycles. The molecule has 0 unspecified atom stereocenters. The van der Waals surface area contributed by atoms with Crippen LogP contribution in [0.3, 0.4) is 0 Å². The molecule has 1 aromatic carbocycles. The van der Waals surface area contributed by atoms with Crippen molar-refractivity contribution >= 4 is 17.6 Å². The molecule has 1 aromatic rings. The maximum absolute atomic E-state index is 11.9. The number of aliphatic hydroxyl groups is 1. The molecule has 29 heavy (non-hydrogen) atoms. The Kier molecular flexibility index (Phi) is 9.89. The van der Waals surface area contributed by atoms with Crippen LogP contribution in [0.5, 0.6) is 0 Å². The zero-order valence-electron chi connectivity index (χ0n) is 16.0. The Morgan fingerprint density at radius 2 is 1.79 bits per heavy atom. The standard InChI is InChI=1S/C14H11N3O2.C6H14N2O2/c15-7-9-1-5-11(6-2-9)17-14(19)12(8-16)13(18)10-3-4-10;7-4-2-1-3-5(8)6(9)10/h1-2,5-6,10,18H,3-4H2,(H,17,19);5H,1-4,7-8H2,(H,9,10)/t;5-/m.0/s1. The van der Waals surface area contributed by atoms with Gasteiger partial charge in [-0.1, -0.05) is 6.42 Å². The van der Waals surface area contributed by atoms with Crippen LogP contribution >= 0.6 is 0 Å². The third kappa shape index (κ3) is 8.43. The molecule has 7 N–H and O–H groups in total. The largest absolute Gasteiger partial charge is 0.510 e. The van der Waals surface area contributed by atoms with Crippen molar-refractivity contribution in [2.24, 2.45) is 17.4 Å². The van der Waals surface area contributed by atoms with Gasteiger partial charge in [0.1, 0.15) is 17.9 Å². The number of benzene rings is 1. The molecule has 0 aromatic heterocycles. The molecule has 1 saturated carbocycles. The number of rotatable bonds is 8. The van der Waals surface area contributed by atoms with Crippen molar-refractivity contribution in [3.8, 4) is 12.1 Å². The molecule has 9 nitrogen and oxygen atoms in total. The van der Waals surface area contributed by atoms with E-state index in [-0.39, 0.29) is 17.3 Å². The molecule has 0 bridgehead atoms. The fraction of sp³-hybridized carbons (Fsp3) is 0.400. The van der Waals surface area contributed by atoms with Crippen LogP contribution in [0.15, 0.2) is 35.6 Å². The summed E-state index contributed by atoms with van der Waals surface area (Å²) in [5.74, 6) is -1.75. The van der Waals surface area contributed by atoms with Crippen molar-refractivity contribution in [3.63, 3.8) is 0 Å². The average Bonchev–Trinajstić information content (AvgIpc) is 3.55. The third-order valence-electron chi connectivity index (χ3n) is 4.12. The lowest BCUT2D eigenvalue weighted by Gasteiger charge is -2.05. The molecule has 1 atom stereocenters. The number of amides is 1. The first kappa shape index (κ1) is 23.6. The summed E-state index contributed by atoms with van der Waals surface area (Å²) in [5, 5.41) is 38.2. The summed E-state index contributed by atoms with van der Waals surface area (Å²) < 4.78 is 0. The van der Waals surface area contributed by atoms with Gasteiger partial charge >= 0.3 is 5.97 Å². The van der Waals surface area contributed by atoms with E-state index in [1.807, 2.05) is 6.07 Å². The third-order valence-corrected chi connectivity index (χ3v) is 4.12. The molecule has 0 heterocycles. The van der Waals surface area contributed by atoms with Gasteiger partial charge in [0, 0.05) is 11.6 Å². The second kappa shape index (κ2) is 12.1. The number of nitriles is 2. The van der Waals surface area contributed by atoms with Crippen LogP contribution in [0.4, 0.5) is 5.69 Å². The molecule has 154 valence electrons. The molecule has 1 aliphatic carbocycles. The Morgan fingerprint density at radius 3 is 2.24 bits per heavy atom. The van der Waals surface area contributed by atoms with Gasteiger partial charge in [-0.2, -0.15) is 10.5 Å². The number of nitrogens with one attached hydrogen (secondary N) is 1. The summed E-state index contributed by atoms with van der Waals surface area (Å²) in [5.41, 5.74) is 11.1. The van der Waals surface area contributed by atoms with Crippen LogP contribution in [0, 0.1) is 28.6 Å². The highest BCUT2D eigenvalue weighted by atomic mass is 16.4. The van der Waals surface area contributed by atoms with Crippen molar-refractivity contribution in [1.29, 1.82) is 10.5 Å². The van der Waals surface area contributed by atoms with Gasteiger partial charge in [0.25, 0.3) is 5.91 Å². The maximum atomic E-state index is 11.9. The Bertz CT molecular complexity index is 817. The molecule has 1 aliphatic rings. The number of allylic oxidation sites excluding steroid dienone is 1. The minimum Gasteiger partial charge on any atom is -0.510 e. The quantitative estimate of drug-likeness (QED) is 0.189. The van der Waals surface area contributed by atoms with E-state index >= 15 is 0 Å². The first-order valence-electron chi connectivity index (χ1n) is 9.17. The second-order valence-corrected chi connectivity index (χ2v) is 6.52. The van der Waals surface area contributed by atoms with E-state index < -0.39 is 17.9 Å². The molecule has 0 saturated heterocycles. The number of carboxylic acid groups (broad SMARTS) is 1. The molecule has 0 spiro atoms. The van der Waals surface area contributed by atoms with Crippen molar-refractivity contribution in [2.75, 3.05) is 11.9 Å². The van der Waals surface area contributed by atoms with Crippen molar-refractivity contribution in [1.82, 2.24) is 0 Å². The summed E-state index contributed by atoms with van der Waals surface area (Å²) >= 11 is 0. The number of anilines is 1. The number of aliphatic carboxylic acids is 1. The van der Waals surface area contributed by atoms with Gasteiger partial charge in [-0.05, 0) is 56.5 Å². The average molecular weight is 399 g/mol. The second-order valence-electron chi connectivity index (χ2n) is 6.52. The zero-order valence-corrected chi connectivity index (χ0v) is 16.0. The van der Waals surface area contributed by atoms with Crippen LogP contribution in [0.2, 0.25) is 0 Å². The Morgan fingerprint density at radius 1 is 1.17 bits per heavy atom. The first-order chi connectivity index (χ1) is 13.8. The van der Waals surface area contributed by atoms with E-state index in [0.717, 1.165) is 25.7 Å². The lowest BCUT2D eigenvalue weighted by molar-refractivity contribution is -0.138. The van der Waals surface area contributed by atoms with E-state index in [1.54, 1.807) is 30.3 Å². The van der Waals surface area contributed by atoms with E-state index in [1.165, 1.54) is 0 Å². The highest BCUT2D eigenvalue weighted by Crippen LogP contribution is 2.36. The number of unbranched alkanes of at least 4 members (excludes halogenated alkanes) is 1. The highest BCUT2D eigenvalue weighted by molar-refractivity contribution is 6.07. The molecule has 0 radical (unpaired) electrons. The van der Waals surface area contributed by atoms with Crippen molar-refractivity contribution < 1.29 is 19.8 Å². The summed E-state index contributed by atoms with van der Waals surface area (Å²) in [6, 6.07) is 9.24. The number of aliphatic hydroxyl groups excluding tert-OH is 1. The topological polar surface area (TPSA) is 186 Å². The minimum absolute atomic E-state index is 0.0543. The normalized spacial score (nSPS) is 14.2. The highest BCUT2D eigenvalue weighted by Gasteiger charge is 2.30. The van der Waals surface area contributed by atoms with Crippen LogP contribution in [0.25, 0.3) is 0 Å². The first-order valence-corrected chi connectivity index (χ1v) is 9.17. The van der Waals surface area contributed by atoms with Gasteiger partial charge < -0.3 is 27.0 Å². The van der Waals surface area contributed by atoms with Crippen molar-refractivity contribution in [3.05, 3.63) is 41.2 Å². The van der Waals surface area contributed by atoms with E-state index in [9.17, 15) is 14.7 Å². The number of carbonyl (C=O) groups excluding carboxylic acids is 1. The van der Waals surface area contributed by atoms with Crippen LogP contribution in [-0.4, -0.2) is 34.7 Å². The summed E-state index contributed by atoms with van der Waals surface area (Å²) in [6.45, 7) is 0.604. The molecular weight excluding hydrogens is 374 g/mol. The smallest absolute Gasteiger partial charge is 0.320 e. The number of nitrogens with two attached hydrogens (primary N) is 2. The summed E-state index contributed by atoms with van der Waals surface area (Å²) in [4.78, 5) is 22.0. The lowest BCUT2D eigenvalue weighted by Crippen LogP contribution is -2.29. The summed E-state index contributed by atoms with van der Waals surface area (Å²) in [7, 11) is 0.